The van der Waals surface area contributed by atoms with Gasteiger partial charge in [0.2, 0.25) is 0 Å². The number of nitrogens with one attached hydrogen (secondary N) is 1. The first-order valence-electron chi connectivity index (χ1n) is 6.72. The average molecular weight is 271 g/mol. The molecule has 0 aliphatic heterocycles. The predicted molar refractivity (Wildman–Crippen MR) is 73.3 cm³/mol. The molecule has 1 fully saturated rings. The normalized spacial score (nSPS) is 21.3. The zero-order valence-electron chi connectivity index (χ0n) is 11.6. The SMILES string of the molecule is Cc1ncc(C(=O)NC2CC(n3ccnc3)C2)c(C)n1. The van der Waals surface area contributed by atoms with E-state index in [-0.39, 0.29) is 11.9 Å². The van der Waals surface area contributed by atoms with Crippen LogP contribution in [0.5, 0.6) is 0 Å². The number of imidazole rings is 1. The molecule has 0 aromatic carbocycles. The van der Waals surface area contributed by atoms with Crippen molar-refractivity contribution in [2.45, 2.75) is 38.8 Å². The number of carbonyl (C=O) groups is 1. The van der Waals surface area contributed by atoms with E-state index in [0.29, 0.717) is 17.4 Å². The predicted octanol–water partition coefficient (Wildman–Crippen LogP) is 1.42. The average Bonchev–Trinajstić information content (AvgIpc) is 2.86. The summed E-state index contributed by atoms with van der Waals surface area (Å²) in [7, 11) is 0. The van der Waals surface area contributed by atoms with Crippen molar-refractivity contribution < 1.29 is 4.79 Å². The lowest BCUT2D eigenvalue weighted by Crippen LogP contribution is -2.45. The van der Waals surface area contributed by atoms with Gasteiger partial charge in [-0.15, -0.1) is 0 Å². The number of hydrogen-bond acceptors (Lipinski definition) is 4. The van der Waals surface area contributed by atoms with Gasteiger partial charge in [-0.25, -0.2) is 15.0 Å². The lowest BCUT2D eigenvalue weighted by Gasteiger charge is -2.36. The highest BCUT2D eigenvalue weighted by molar-refractivity contribution is 5.95. The van der Waals surface area contributed by atoms with E-state index >= 15 is 0 Å². The van der Waals surface area contributed by atoms with Gasteiger partial charge < -0.3 is 9.88 Å². The molecule has 20 heavy (non-hydrogen) atoms. The Morgan fingerprint density at radius 3 is 2.85 bits per heavy atom. The van der Waals surface area contributed by atoms with E-state index in [4.69, 9.17) is 0 Å². The van der Waals surface area contributed by atoms with Gasteiger partial charge in [-0.3, -0.25) is 4.79 Å². The van der Waals surface area contributed by atoms with Crippen LogP contribution in [0.15, 0.2) is 24.9 Å². The highest BCUT2D eigenvalue weighted by Crippen LogP contribution is 2.32. The molecule has 1 amide bonds. The lowest BCUT2D eigenvalue weighted by atomic mass is 9.86. The molecule has 1 N–H and O–H groups in total. The van der Waals surface area contributed by atoms with Crippen LogP contribution in [0.2, 0.25) is 0 Å². The van der Waals surface area contributed by atoms with Gasteiger partial charge >= 0.3 is 0 Å². The van der Waals surface area contributed by atoms with E-state index in [2.05, 4.69) is 24.8 Å². The van der Waals surface area contributed by atoms with Crippen LogP contribution in [0.4, 0.5) is 0 Å². The molecule has 1 aliphatic carbocycles. The molecule has 0 saturated heterocycles. The first-order chi connectivity index (χ1) is 9.63. The molecular formula is C14H17N5O. The summed E-state index contributed by atoms with van der Waals surface area (Å²) in [5.41, 5.74) is 1.28. The molecule has 104 valence electrons. The zero-order valence-corrected chi connectivity index (χ0v) is 11.6. The molecule has 6 nitrogen and oxygen atoms in total. The van der Waals surface area contributed by atoms with Gasteiger partial charge in [0.25, 0.3) is 5.91 Å². The molecule has 1 aliphatic rings. The van der Waals surface area contributed by atoms with Gasteiger partial charge in [0.15, 0.2) is 0 Å². The van der Waals surface area contributed by atoms with Crippen molar-refractivity contribution in [2.75, 3.05) is 0 Å². The number of nitrogens with zero attached hydrogens (tertiary/aromatic N) is 4. The molecule has 6 heteroatoms. The standard InChI is InChI=1S/C14H17N5O/c1-9-13(7-16-10(2)17-9)14(20)18-11-5-12(6-11)19-4-3-15-8-19/h3-4,7-8,11-12H,5-6H2,1-2H3,(H,18,20). The minimum absolute atomic E-state index is 0.0865. The van der Waals surface area contributed by atoms with Crippen LogP contribution in [-0.2, 0) is 0 Å². The van der Waals surface area contributed by atoms with Gasteiger partial charge in [0, 0.05) is 30.7 Å². The molecule has 0 atom stereocenters. The van der Waals surface area contributed by atoms with Crippen LogP contribution in [-0.4, -0.2) is 31.5 Å². The van der Waals surface area contributed by atoms with Crippen LogP contribution in [0.25, 0.3) is 0 Å². The second-order valence-electron chi connectivity index (χ2n) is 5.22. The lowest BCUT2D eigenvalue weighted by molar-refractivity contribution is 0.0891. The van der Waals surface area contributed by atoms with Crippen LogP contribution in [0.1, 0.15) is 40.8 Å². The minimum Gasteiger partial charge on any atom is -0.349 e. The number of rotatable bonds is 3. The number of hydrogen-bond donors (Lipinski definition) is 1. The molecule has 2 aromatic heterocycles. The van der Waals surface area contributed by atoms with Crippen LogP contribution >= 0.6 is 0 Å². The summed E-state index contributed by atoms with van der Waals surface area (Å²) in [6, 6.07) is 0.661. The smallest absolute Gasteiger partial charge is 0.254 e. The first kappa shape index (κ1) is 12.8. The summed E-state index contributed by atoms with van der Waals surface area (Å²) in [4.78, 5) is 24.5. The van der Waals surface area contributed by atoms with E-state index in [1.807, 2.05) is 26.4 Å². The number of carbonyl (C=O) groups excluding carboxylic acids is 1. The topological polar surface area (TPSA) is 72.7 Å². The van der Waals surface area contributed by atoms with E-state index in [1.54, 1.807) is 12.4 Å². The summed E-state index contributed by atoms with van der Waals surface area (Å²) in [5.74, 6) is 0.597. The van der Waals surface area contributed by atoms with Gasteiger partial charge in [0.1, 0.15) is 5.82 Å². The van der Waals surface area contributed by atoms with Crippen molar-refractivity contribution in [3.05, 3.63) is 42.0 Å². The molecule has 0 radical (unpaired) electrons. The highest BCUT2D eigenvalue weighted by Gasteiger charge is 2.31. The van der Waals surface area contributed by atoms with E-state index in [9.17, 15) is 4.79 Å². The van der Waals surface area contributed by atoms with Gasteiger partial charge in [-0.05, 0) is 26.7 Å². The number of amides is 1. The third kappa shape index (κ3) is 2.41. The first-order valence-corrected chi connectivity index (χ1v) is 6.72. The van der Waals surface area contributed by atoms with Crippen molar-refractivity contribution in [3.8, 4) is 0 Å². The Morgan fingerprint density at radius 2 is 2.20 bits per heavy atom. The zero-order chi connectivity index (χ0) is 14.1. The third-order valence-corrected chi connectivity index (χ3v) is 3.74. The molecule has 0 unspecified atom stereocenters. The second kappa shape index (κ2) is 5.03. The summed E-state index contributed by atoms with van der Waals surface area (Å²) in [6.07, 6.45) is 9.03. The molecule has 0 bridgehead atoms. The maximum atomic E-state index is 12.2. The molecule has 2 heterocycles. The molecular weight excluding hydrogens is 254 g/mol. The summed E-state index contributed by atoms with van der Waals surface area (Å²) in [6.45, 7) is 3.65. The van der Waals surface area contributed by atoms with Gasteiger partial charge in [-0.1, -0.05) is 0 Å². The summed E-state index contributed by atoms with van der Waals surface area (Å²) >= 11 is 0. The van der Waals surface area contributed by atoms with E-state index < -0.39 is 0 Å². The fourth-order valence-corrected chi connectivity index (χ4v) is 2.50. The number of aromatic nitrogens is 4. The summed E-state index contributed by atoms with van der Waals surface area (Å²) < 4.78 is 2.09. The minimum atomic E-state index is -0.0865. The van der Waals surface area contributed by atoms with Crippen LogP contribution in [0.3, 0.4) is 0 Å². The van der Waals surface area contributed by atoms with E-state index in [0.717, 1.165) is 18.5 Å². The Bertz CT molecular complexity index is 616. The van der Waals surface area contributed by atoms with Gasteiger partial charge in [-0.2, -0.15) is 0 Å². The van der Waals surface area contributed by atoms with Crippen molar-refractivity contribution in [2.24, 2.45) is 0 Å². The monoisotopic (exact) mass is 271 g/mol. The Kier molecular flexibility index (Phi) is 3.22. The Balaban J connectivity index is 1.58. The van der Waals surface area contributed by atoms with Crippen molar-refractivity contribution in [1.82, 2.24) is 24.8 Å². The fourth-order valence-electron chi connectivity index (χ4n) is 2.50. The van der Waals surface area contributed by atoms with Crippen molar-refractivity contribution in [1.29, 1.82) is 0 Å². The third-order valence-electron chi connectivity index (χ3n) is 3.74. The highest BCUT2D eigenvalue weighted by atomic mass is 16.1. The Morgan fingerprint density at radius 1 is 1.40 bits per heavy atom. The quantitative estimate of drug-likeness (QED) is 0.916. The molecule has 3 rings (SSSR count). The Hall–Kier alpha value is -2.24. The number of aryl methyl sites for hydroxylation is 2. The second-order valence-corrected chi connectivity index (χ2v) is 5.22. The maximum absolute atomic E-state index is 12.2. The van der Waals surface area contributed by atoms with E-state index in [1.165, 1.54) is 0 Å². The molecule has 1 saturated carbocycles. The van der Waals surface area contributed by atoms with Crippen LogP contribution in [0, 0.1) is 13.8 Å². The Labute approximate surface area is 117 Å². The van der Waals surface area contributed by atoms with Crippen molar-refractivity contribution in [3.63, 3.8) is 0 Å². The van der Waals surface area contributed by atoms with Gasteiger partial charge in [0.05, 0.1) is 17.6 Å². The fraction of sp³-hybridized carbons (Fsp3) is 0.429. The largest absolute Gasteiger partial charge is 0.349 e. The summed E-state index contributed by atoms with van der Waals surface area (Å²) in [5, 5.41) is 3.03. The molecule has 2 aromatic rings. The van der Waals surface area contributed by atoms with Crippen molar-refractivity contribution >= 4 is 5.91 Å². The molecule has 0 spiro atoms. The maximum Gasteiger partial charge on any atom is 0.254 e. The van der Waals surface area contributed by atoms with Crippen LogP contribution < -0.4 is 5.32 Å².